The standard InChI is InChI=1S/C15H25N/c1-5-7-14(4)16-11-13(3)15-9-6-8-12(2)10-15/h6,8-10,13-14,16H,5,7,11H2,1-4H3. The topological polar surface area (TPSA) is 12.0 Å². The fraction of sp³-hybridized carbons (Fsp3) is 0.600. The van der Waals surface area contributed by atoms with Crippen LogP contribution in [0.3, 0.4) is 0 Å². The Morgan fingerprint density at radius 3 is 2.62 bits per heavy atom. The van der Waals surface area contributed by atoms with Crippen LogP contribution >= 0.6 is 0 Å². The summed E-state index contributed by atoms with van der Waals surface area (Å²) in [5.74, 6) is 0.596. The lowest BCUT2D eigenvalue weighted by atomic mass is 9.99. The molecule has 2 unspecified atom stereocenters. The van der Waals surface area contributed by atoms with Crippen molar-refractivity contribution < 1.29 is 0 Å². The predicted octanol–water partition coefficient (Wildman–Crippen LogP) is 3.88. The second-order valence-electron chi connectivity index (χ2n) is 4.91. The Labute approximate surface area is 100 Å². The van der Waals surface area contributed by atoms with Gasteiger partial charge in [0.1, 0.15) is 0 Å². The number of hydrogen-bond acceptors (Lipinski definition) is 1. The minimum Gasteiger partial charge on any atom is -0.314 e. The van der Waals surface area contributed by atoms with E-state index in [-0.39, 0.29) is 0 Å². The molecule has 0 radical (unpaired) electrons. The molecule has 0 saturated heterocycles. The molecule has 0 aliphatic heterocycles. The Hall–Kier alpha value is -0.820. The Bertz CT molecular complexity index is 306. The zero-order valence-corrected chi connectivity index (χ0v) is 11.1. The minimum absolute atomic E-state index is 0.596. The number of aryl methyl sites for hydroxylation is 1. The van der Waals surface area contributed by atoms with Crippen LogP contribution in [0.15, 0.2) is 24.3 Å². The van der Waals surface area contributed by atoms with Crippen LogP contribution in [-0.4, -0.2) is 12.6 Å². The van der Waals surface area contributed by atoms with Gasteiger partial charge in [-0.3, -0.25) is 0 Å². The third-order valence-corrected chi connectivity index (χ3v) is 3.11. The highest BCUT2D eigenvalue weighted by Crippen LogP contribution is 2.15. The van der Waals surface area contributed by atoms with Crippen molar-refractivity contribution in [1.82, 2.24) is 5.32 Å². The number of benzene rings is 1. The molecular weight excluding hydrogens is 194 g/mol. The fourth-order valence-corrected chi connectivity index (χ4v) is 2.01. The van der Waals surface area contributed by atoms with Gasteiger partial charge in [-0.05, 0) is 31.7 Å². The minimum atomic E-state index is 0.596. The summed E-state index contributed by atoms with van der Waals surface area (Å²) in [6.07, 6.45) is 2.52. The number of rotatable bonds is 6. The van der Waals surface area contributed by atoms with Gasteiger partial charge in [-0.25, -0.2) is 0 Å². The van der Waals surface area contributed by atoms with Gasteiger partial charge in [0.05, 0.1) is 0 Å². The molecular formula is C15H25N. The monoisotopic (exact) mass is 219 g/mol. The van der Waals surface area contributed by atoms with Crippen molar-refractivity contribution in [2.24, 2.45) is 0 Å². The average molecular weight is 219 g/mol. The second-order valence-corrected chi connectivity index (χ2v) is 4.91. The zero-order chi connectivity index (χ0) is 12.0. The number of nitrogens with one attached hydrogen (secondary N) is 1. The first-order valence-corrected chi connectivity index (χ1v) is 6.43. The number of hydrogen-bond donors (Lipinski definition) is 1. The van der Waals surface area contributed by atoms with Crippen LogP contribution in [0.4, 0.5) is 0 Å². The van der Waals surface area contributed by atoms with Gasteiger partial charge in [0.2, 0.25) is 0 Å². The average Bonchev–Trinajstić information content (AvgIpc) is 2.26. The predicted molar refractivity (Wildman–Crippen MR) is 72.0 cm³/mol. The van der Waals surface area contributed by atoms with Crippen molar-refractivity contribution in [1.29, 1.82) is 0 Å². The van der Waals surface area contributed by atoms with E-state index in [4.69, 9.17) is 0 Å². The smallest absolute Gasteiger partial charge is 0.00388 e. The molecule has 0 aliphatic carbocycles. The van der Waals surface area contributed by atoms with Gasteiger partial charge in [0.15, 0.2) is 0 Å². The molecule has 1 heteroatoms. The molecule has 1 N–H and O–H groups in total. The van der Waals surface area contributed by atoms with E-state index in [1.807, 2.05) is 0 Å². The lowest BCUT2D eigenvalue weighted by molar-refractivity contribution is 0.488. The van der Waals surface area contributed by atoms with Crippen LogP contribution < -0.4 is 5.32 Å². The molecule has 0 aromatic heterocycles. The lowest BCUT2D eigenvalue weighted by Crippen LogP contribution is -2.29. The molecule has 1 aromatic carbocycles. The molecule has 0 amide bonds. The van der Waals surface area contributed by atoms with Gasteiger partial charge >= 0.3 is 0 Å². The van der Waals surface area contributed by atoms with E-state index in [1.165, 1.54) is 24.0 Å². The highest BCUT2D eigenvalue weighted by Gasteiger charge is 2.07. The zero-order valence-electron chi connectivity index (χ0n) is 11.1. The molecule has 0 bridgehead atoms. The molecule has 2 atom stereocenters. The van der Waals surface area contributed by atoms with Crippen LogP contribution in [0.25, 0.3) is 0 Å². The SMILES string of the molecule is CCCC(C)NCC(C)c1cccc(C)c1. The van der Waals surface area contributed by atoms with Gasteiger partial charge in [-0.15, -0.1) is 0 Å². The Kier molecular flexibility index (Phi) is 5.54. The highest BCUT2D eigenvalue weighted by molar-refractivity contribution is 5.25. The molecule has 0 spiro atoms. The van der Waals surface area contributed by atoms with Crippen LogP contribution in [0.5, 0.6) is 0 Å². The largest absolute Gasteiger partial charge is 0.314 e. The van der Waals surface area contributed by atoms with Crippen molar-refractivity contribution in [3.05, 3.63) is 35.4 Å². The van der Waals surface area contributed by atoms with E-state index in [9.17, 15) is 0 Å². The summed E-state index contributed by atoms with van der Waals surface area (Å²) in [4.78, 5) is 0. The van der Waals surface area contributed by atoms with Gasteiger partial charge in [-0.2, -0.15) is 0 Å². The summed E-state index contributed by atoms with van der Waals surface area (Å²) in [5.41, 5.74) is 2.79. The van der Waals surface area contributed by atoms with Crippen LogP contribution in [0.2, 0.25) is 0 Å². The van der Waals surface area contributed by atoms with Crippen molar-refractivity contribution in [3.63, 3.8) is 0 Å². The summed E-state index contributed by atoms with van der Waals surface area (Å²) < 4.78 is 0. The highest BCUT2D eigenvalue weighted by atomic mass is 14.9. The van der Waals surface area contributed by atoms with Crippen LogP contribution in [0.1, 0.15) is 50.7 Å². The molecule has 0 fully saturated rings. The fourth-order valence-electron chi connectivity index (χ4n) is 2.01. The Morgan fingerprint density at radius 1 is 1.25 bits per heavy atom. The molecule has 90 valence electrons. The summed E-state index contributed by atoms with van der Waals surface area (Å²) in [6, 6.07) is 9.46. The van der Waals surface area contributed by atoms with E-state index >= 15 is 0 Å². The van der Waals surface area contributed by atoms with Crippen molar-refractivity contribution >= 4 is 0 Å². The quantitative estimate of drug-likeness (QED) is 0.765. The molecule has 16 heavy (non-hydrogen) atoms. The molecule has 1 aromatic rings. The van der Waals surface area contributed by atoms with E-state index in [2.05, 4.69) is 57.3 Å². The van der Waals surface area contributed by atoms with E-state index < -0.39 is 0 Å². The third kappa shape index (κ3) is 4.36. The molecule has 1 rings (SSSR count). The van der Waals surface area contributed by atoms with Crippen LogP contribution in [0, 0.1) is 6.92 Å². The summed E-state index contributed by atoms with van der Waals surface area (Å²) >= 11 is 0. The molecule has 0 saturated carbocycles. The van der Waals surface area contributed by atoms with Gasteiger partial charge in [0, 0.05) is 12.6 Å². The summed E-state index contributed by atoms with van der Waals surface area (Å²) in [5, 5.41) is 3.60. The summed E-state index contributed by atoms with van der Waals surface area (Å²) in [6.45, 7) is 10.0. The Morgan fingerprint density at radius 2 is 2.00 bits per heavy atom. The van der Waals surface area contributed by atoms with Gasteiger partial charge in [-0.1, -0.05) is 50.1 Å². The lowest BCUT2D eigenvalue weighted by Gasteiger charge is -2.18. The van der Waals surface area contributed by atoms with E-state index in [0.29, 0.717) is 12.0 Å². The molecule has 1 nitrogen and oxygen atoms in total. The van der Waals surface area contributed by atoms with Crippen LogP contribution in [-0.2, 0) is 0 Å². The van der Waals surface area contributed by atoms with Gasteiger partial charge < -0.3 is 5.32 Å². The van der Waals surface area contributed by atoms with Crippen molar-refractivity contribution in [2.45, 2.75) is 52.5 Å². The maximum atomic E-state index is 3.60. The first kappa shape index (κ1) is 13.2. The van der Waals surface area contributed by atoms with E-state index in [1.54, 1.807) is 0 Å². The maximum absolute atomic E-state index is 3.60. The first-order chi connectivity index (χ1) is 7.63. The Balaban J connectivity index is 2.43. The normalized spacial score (nSPS) is 14.8. The van der Waals surface area contributed by atoms with Gasteiger partial charge in [0.25, 0.3) is 0 Å². The van der Waals surface area contributed by atoms with E-state index in [0.717, 1.165) is 6.54 Å². The van der Waals surface area contributed by atoms with Crippen molar-refractivity contribution in [2.75, 3.05) is 6.54 Å². The third-order valence-electron chi connectivity index (χ3n) is 3.11. The molecule has 0 heterocycles. The second kappa shape index (κ2) is 6.70. The maximum Gasteiger partial charge on any atom is 0.00388 e. The molecule has 0 aliphatic rings. The first-order valence-electron chi connectivity index (χ1n) is 6.43. The van der Waals surface area contributed by atoms with Crippen molar-refractivity contribution in [3.8, 4) is 0 Å². The summed E-state index contributed by atoms with van der Waals surface area (Å²) in [7, 11) is 0.